The zero-order chi connectivity index (χ0) is 26.4. The molecule has 130 valence electrons. The maximum absolute atomic E-state index is 12.2. The van der Waals surface area contributed by atoms with Crippen molar-refractivity contribution in [3.05, 3.63) is 36.8 Å². The van der Waals surface area contributed by atoms with E-state index in [-0.39, 0.29) is 15.7 Å². The lowest BCUT2D eigenvalue weighted by Gasteiger charge is -2.19. The molecule has 8 nitrogen and oxygen atoms in total. The van der Waals surface area contributed by atoms with Crippen LogP contribution in [-0.2, 0) is 0 Å². The van der Waals surface area contributed by atoms with Crippen LogP contribution in [0.3, 0.4) is 0 Å². The van der Waals surface area contributed by atoms with Gasteiger partial charge >= 0.3 is 6.03 Å². The van der Waals surface area contributed by atoms with Gasteiger partial charge in [-0.3, -0.25) is 14.9 Å². The first-order valence-electron chi connectivity index (χ1n) is 11.9. The van der Waals surface area contributed by atoms with E-state index in [1.54, 1.807) is 6.92 Å². The minimum Gasteiger partial charge on any atom is -0.356 e. The van der Waals surface area contributed by atoms with Crippen LogP contribution in [0.25, 0.3) is 10.6 Å². The van der Waals surface area contributed by atoms with Crippen LogP contribution in [0.5, 0.6) is 0 Å². The molecule has 0 saturated carbocycles. The van der Waals surface area contributed by atoms with Crippen molar-refractivity contribution in [2.75, 3.05) is 23.2 Å². The Bertz CT molecular complexity index is 1180. The fraction of sp³-hybridized carbons (Fsp3) is 0.312. The first-order chi connectivity index (χ1) is 16.0. The molecule has 0 saturated heterocycles. The van der Waals surface area contributed by atoms with Gasteiger partial charge in [-0.2, -0.15) is 0 Å². The van der Waals surface area contributed by atoms with Crippen LogP contribution in [0, 0.1) is 6.92 Å². The molecule has 3 rings (SSSR count). The van der Waals surface area contributed by atoms with Gasteiger partial charge in [-0.05, 0) is 20.6 Å². The summed E-state index contributed by atoms with van der Waals surface area (Å²) >= 11 is 0.977. The molecule has 25 heavy (non-hydrogen) atoms. The van der Waals surface area contributed by atoms with Crippen molar-refractivity contribution in [3.8, 4) is 10.6 Å². The summed E-state index contributed by atoms with van der Waals surface area (Å²) in [6.45, 7) is -12.2. The molecule has 0 aliphatic heterocycles. The van der Waals surface area contributed by atoms with Gasteiger partial charge in [-0.15, -0.1) is 0 Å². The van der Waals surface area contributed by atoms with E-state index in [4.69, 9.17) is 13.7 Å². The maximum atomic E-state index is 12.2. The van der Waals surface area contributed by atoms with Crippen molar-refractivity contribution in [1.82, 2.24) is 24.5 Å². The molecule has 1 N–H and O–H groups in total. The molecule has 0 spiro atoms. The highest BCUT2D eigenvalue weighted by Crippen LogP contribution is 2.32. The monoisotopic (exact) mass is 367 g/mol. The Morgan fingerprint density at radius 1 is 1.36 bits per heavy atom. The van der Waals surface area contributed by atoms with E-state index in [0.717, 1.165) is 17.5 Å². The number of imidazole rings is 1. The lowest BCUT2D eigenvalue weighted by atomic mass is 10.3. The molecule has 3 aromatic rings. The molecule has 0 aromatic carbocycles. The summed E-state index contributed by atoms with van der Waals surface area (Å²) in [5, 5.41) is 2.74. The third-order valence-corrected chi connectivity index (χ3v) is 4.15. The third kappa shape index (κ3) is 3.66. The minimum absolute atomic E-state index is 0.0331. The molecule has 1 amide bonds. The van der Waals surface area contributed by atoms with Gasteiger partial charge in [0, 0.05) is 39.1 Å². The van der Waals surface area contributed by atoms with Crippen molar-refractivity contribution < 1.29 is 18.5 Å². The van der Waals surface area contributed by atoms with Gasteiger partial charge in [0.15, 0.2) is 5.13 Å². The second-order valence-corrected chi connectivity index (χ2v) is 5.65. The smallest absolute Gasteiger partial charge is 0.333 e. The van der Waals surface area contributed by atoms with Gasteiger partial charge in [0.25, 0.3) is 0 Å². The van der Waals surface area contributed by atoms with E-state index in [9.17, 15) is 4.79 Å². The van der Waals surface area contributed by atoms with E-state index >= 15 is 0 Å². The van der Waals surface area contributed by atoms with Gasteiger partial charge in [-0.25, -0.2) is 19.7 Å². The lowest BCUT2D eigenvalue weighted by molar-refractivity contribution is 0.253. The fourth-order valence-electron chi connectivity index (χ4n) is 1.94. The molecule has 0 aliphatic rings. The van der Waals surface area contributed by atoms with Crippen LogP contribution in [-0.4, -0.2) is 43.5 Å². The molecule has 0 bridgehead atoms. The van der Waals surface area contributed by atoms with Crippen LogP contribution < -0.4 is 10.2 Å². The summed E-state index contributed by atoms with van der Waals surface area (Å²) < 4.78 is 78.8. The van der Waals surface area contributed by atoms with E-state index in [0.29, 0.717) is 10.6 Å². The second kappa shape index (κ2) is 7.39. The number of amides is 1. The first kappa shape index (κ1) is 8.52. The number of aryl methyl sites for hydroxylation is 1. The van der Waals surface area contributed by atoms with Crippen LogP contribution in [0.4, 0.5) is 15.7 Å². The maximum Gasteiger partial charge on any atom is 0.333 e. The number of nitrogens with zero attached hydrogens (tertiary/aromatic N) is 6. The van der Waals surface area contributed by atoms with Crippen LogP contribution in [0.15, 0.2) is 31.1 Å². The van der Waals surface area contributed by atoms with E-state index in [1.165, 1.54) is 29.5 Å². The van der Waals surface area contributed by atoms with E-state index in [2.05, 4.69) is 25.3 Å². The summed E-state index contributed by atoms with van der Waals surface area (Å²) in [5.41, 5.74) is 0.417. The highest BCUT2D eigenvalue weighted by molar-refractivity contribution is 7.19. The zero-order valence-corrected chi connectivity index (χ0v) is 13.7. The molecule has 3 heterocycles. The first-order valence-corrected chi connectivity index (χ1v) is 7.68. The summed E-state index contributed by atoms with van der Waals surface area (Å²) in [4.78, 5) is 28.6. The Balaban J connectivity index is 2.06. The van der Waals surface area contributed by atoms with Crippen LogP contribution in [0.2, 0.25) is 0 Å². The second-order valence-electron chi connectivity index (χ2n) is 4.66. The molecule has 0 atom stereocenters. The van der Waals surface area contributed by atoms with E-state index in [1.807, 2.05) is 0 Å². The van der Waals surface area contributed by atoms with Gasteiger partial charge < -0.3 is 4.90 Å². The van der Waals surface area contributed by atoms with Crippen molar-refractivity contribution in [2.24, 2.45) is 0 Å². The average molecular weight is 368 g/mol. The highest BCUT2D eigenvalue weighted by Gasteiger charge is 2.15. The average Bonchev–Trinajstić information content (AvgIpc) is 3.36. The number of thiazole rings is 1. The molecular formula is C16H19N7OS. The number of carbonyl (C=O) groups is 1. The predicted molar refractivity (Wildman–Crippen MR) is 98.1 cm³/mol. The quantitative estimate of drug-likeness (QED) is 0.745. The molecule has 0 unspecified atom stereocenters. The Labute approximate surface area is 163 Å². The SMILES string of the molecule is [2H]C([2H])([2H])C([2H])([2H])N(c1cncc(-c2sc(NC(=O)n3ccnc3)nc2C)n1)C([2H])([2H])C([2H])([2H])[2H]. The number of hydrogen-bond acceptors (Lipinski definition) is 7. The number of hydrogen-bond donors (Lipinski definition) is 1. The minimum atomic E-state index is -3.47. The number of carbonyl (C=O) groups excluding carboxylic acids is 1. The van der Waals surface area contributed by atoms with Crippen LogP contribution in [0.1, 0.15) is 33.1 Å². The number of aromatic nitrogens is 5. The Morgan fingerprint density at radius 3 is 2.92 bits per heavy atom. The molecule has 0 radical (unpaired) electrons. The number of nitrogens with one attached hydrogen (secondary N) is 1. The summed E-state index contributed by atoms with van der Waals surface area (Å²) in [6.07, 6.45) is 6.24. The van der Waals surface area contributed by atoms with Crippen molar-refractivity contribution in [1.29, 1.82) is 0 Å². The normalized spacial score (nSPS) is 18.8. The third-order valence-electron chi connectivity index (χ3n) is 3.06. The predicted octanol–water partition coefficient (Wildman–Crippen LogP) is 3.03. The number of rotatable bonds is 5. The zero-order valence-electron chi connectivity index (χ0n) is 22.9. The van der Waals surface area contributed by atoms with Gasteiger partial charge in [0.05, 0.1) is 23.0 Å². The molecular weight excluding hydrogens is 338 g/mol. The number of anilines is 2. The highest BCUT2D eigenvalue weighted by atomic mass is 32.1. The summed E-state index contributed by atoms with van der Waals surface area (Å²) in [5.74, 6) is -0.651. The standard InChI is InChI=1S/C16H19N7OS/c1-4-22(5-2)13-9-18-8-12(20-13)14-11(3)19-15(25-14)21-16(24)23-7-6-17-10-23/h6-10H,4-5H2,1-3H3,(H,19,21,24)/i1D3,2D3,4D2,5D2. The molecule has 0 fully saturated rings. The largest absolute Gasteiger partial charge is 0.356 e. The topological polar surface area (TPSA) is 88.8 Å². The van der Waals surface area contributed by atoms with Crippen molar-refractivity contribution >= 4 is 28.3 Å². The molecule has 0 aliphatic carbocycles. The fourth-order valence-corrected chi connectivity index (χ4v) is 2.85. The van der Waals surface area contributed by atoms with Gasteiger partial charge in [0.2, 0.25) is 0 Å². The molecule has 9 heteroatoms. The van der Waals surface area contributed by atoms with Crippen molar-refractivity contribution in [3.63, 3.8) is 0 Å². The van der Waals surface area contributed by atoms with Gasteiger partial charge in [-0.1, -0.05) is 11.3 Å². The Hall–Kier alpha value is -2.81. The van der Waals surface area contributed by atoms with Gasteiger partial charge in [0.1, 0.15) is 17.8 Å². The van der Waals surface area contributed by atoms with E-state index < -0.39 is 38.5 Å². The Kier molecular flexibility index (Phi) is 2.52. The molecule has 3 aromatic heterocycles. The lowest BCUT2D eigenvalue weighted by Crippen LogP contribution is -2.23. The summed E-state index contributed by atoms with van der Waals surface area (Å²) in [7, 11) is 0. The summed E-state index contributed by atoms with van der Waals surface area (Å²) in [6, 6.07) is -0.537. The Morgan fingerprint density at radius 2 is 2.20 bits per heavy atom. The van der Waals surface area contributed by atoms with Crippen molar-refractivity contribution in [2.45, 2.75) is 20.6 Å². The van der Waals surface area contributed by atoms with Crippen LogP contribution >= 0.6 is 11.3 Å².